The lowest BCUT2D eigenvalue weighted by atomic mass is 10.0. The SMILES string of the molecule is CC1NCCC1C(=O)Nc1ccccc1-n1ccnc1. The summed E-state index contributed by atoms with van der Waals surface area (Å²) in [5.41, 5.74) is 1.74. The Morgan fingerprint density at radius 1 is 1.45 bits per heavy atom. The highest BCUT2D eigenvalue weighted by atomic mass is 16.2. The van der Waals surface area contributed by atoms with Crippen molar-refractivity contribution in [2.45, 2.75) is 19.4 Å². The van der Waals surface area contributed by atoms with Crippen molar-refractivity contribution in [2.24, 2.45) is 5.92 Å². The average molecular weight is 270 g/mol. The zero-order valence-electron chi connectivity index (χ0n) is 11.4. The topological polar surface area (TPSA) is 59.0 Å². The Morgan fingerprint density at radius 2 is 2.30 bits per heavy atom. The molecule has 0 saturated carbocycles. The predicted molar refractivity (Wildman–Crippen MR) is 77.8 cm³/mol. The Bertz CT molecular complexity index is 594. The Hall–Kier alpha value is -2.14. The number of carbonyl (C=O) groups excluding carboxylic acids is 1. The van der Waals surface area contributed by atoms with Gasteiger partial charge in [-0.25, -0.2) is 4.98 Å². The van der Waals surface area contributed by atoms with Gasteiger partial charge in [-0.3, -0.25) is 4.79 Å². The van der Waals surface area contributed by atoms with E-state index in [9.17, 15) is 4.79 Å². The molecule has 1 aliphatic heterocycles. The Morgan fingerprint density at radius 3 is 3.00 bits per heavy atom. The van der Waals surface area contributed by atoms with E-state index in [0.717, 1.165) is 24.3 Å². The summed E-state index contributed by atoms with van der Waals surface area (Å²) in [5, 5.41) is 6.35. The summed E-state index contributed by atoms with van der Waals surface area (Å²) in [4.78, 5) is 16.4. The molecule has 0 bridgehead atoms. The van der Waals surface area contributed by atoms with Crippen molar-refractivity contribution in [2.75, 3.05) is 11.9 Å². The van der Waals surface area contributed by atoms with Crippen LogP contribution in [0.4, 0.5) is 5.69 Å². The van der Waals surface area contributed by atoms with Crippen LogP contribution in [0.2, 0.25) is 0 Å². The van der Waals surface area contributed by atoms with E-state index in [1.807, 2.05) is 35.0 Å². The van der Waals surface area contributed by atoms with Crippen LogP contribution in [0.15, 0.2) is 43.0 Å². The van der Waals surface area contributed by atoms with Crippen LogP contribution in [0.1, 0.15) is 13.3 Å². The van der Waals surface area contributed by atoms with Crippen molar-refractivity contribution in [3.63, 3.8) is 0 Å². The molecule has 20 heavy (non-hydrogen) atoms. The summed E-state index contributed by atoms with van der Waals surface area (Å²) in [5.74, 6) is 0.112. The van der Waals surface area contributed by atoms with Crippen molar-refractivity contribution in [3.05, 3.63) is 43.0 Å². The molecule has 1 aromatic carbocycles. The van der Waals surface area contributed by atoms with E-state index in [4.69, 9.17) is 0 Å². The first-order valence-corrected chi connectivity index (χ1v) is 6.87. The number of aromatic nitrogens is 2. The van der Waals surface area contributed by atoms with Gasteiger partial charge in [-0.1, -0.05) is 12.1 Å². The molecule has 2 atom stereocenters. The molecule has 5 heteroatoms. The molecule has 0 spiro atoms. The van der Waals surface area contributed by atoms with Gasteiger partial charge in [0, 0.05) is 18.4 Å². The summed E-state index contributed by atoms with van der Waals surface area (Å²) >= 11 is 0. The Balaban J connectivity index is 1.83. The second-order valence-electron chi connectivity index (χ2n) is 5.11. The fraction of sp³-hybridized carbons (Fsp3) is 0.333. The number of para-hydroxylation sites is 2. The first kappa shape index (κ1) is 12.9. The first-order valence-electron chi connectivity index (χ1n) is 6.87. The van der Waals surface area contributed by atoms with Gasteiger partial charge in [-0.2, -0.15) is 0 Å². The van der Waals surface area contributed by atoms with Gasteiger partial charge in [-0.15, -0.1) is 0 Å². The summed E-state index contributed by atoms with van der Waals surface area (Å²) in [6.07, 6.45) is 6.21. The Kier molecular flexibility index (Phi) is 3.52. The normalized spacial score (nSPS) is 21.9. The molecule has 0 aliphatic carbocycles. The van der Waals surface area contributed by atoms with Gasteiger partial charge < -0.3 is 15.2 Å². The second kappa shape index (κ2) is 5.46. The number of carbonyl (C=O) groups is 1. The van der Waals surface area contributed by atoms with Crippen LogP contribution in [-0.4, -0.2) is 28.0 Å². The number of imidazole rings is 1. The number of nitrogens with one attached hydrogen (secondary N) is 2. The first-order chi connectivity index (χ1) is 9.75. The van der Waals surface area contributed by atoms with E-state index in [0.29, 0.717) is 0 Å². The van der Waals surface area contributed by atoms with Crippen LogP contribution < -0.4 is 10.6 Å². The third-order valence-corrected chi connectivity index (χ3v) is 3.81. The maximum atomic E-state index is 12.4. The molecule has 1 amide bonds. The van der Waals surface area contributed by atoms with E-state index in [1.54, 1.807) is 12.5 Å². The number of amides is 1. The smallest absolute Gasteiger partial charge is 0.229 e. The molecule has 3 rings (SSSR count). The molecular weight excluding hydrogens is 252 g/mol. The summed E-state index contributed by atoms with van der Waals surface area (Å²) in [6, 6.07) is 7.99. The molecule has 1 aliphatic rings. The van der Waals surface area contributed by atoms with Crippen LogP contribution in [0.25, 0.3) is 5.69 Å². The van der Waals surface area contributed by atoms with Crippen molar-refractivity contribution < 1.29 is 4.79 Å². The van der Waals surface area contributed by atoms with Gasteiger partial charge in [-0.05, 0) is 32.0 Å². The molecule has 2 unspecified atom stereocenters. The van der Waals surface area contributed by atoms with Crippen molar-refractivity contribution in [3.8, 4) is 5.69 Å². The van der Waals surface area contributed by atoms with Gasteiger partial charge in [0.1, 0.15) is 0 Å². The molecule has 5 nitrogen and oxygen atoms in total. The highest BCUT2D eigenvalue weighted by molar-refractivity contribution is 5.95. The van der Waals surface area contributed by atoms with Gasteiger partial charge in [0.15, 0.2) is 0 Å². The molecule has 2 N–H and O–H groups in total. The lowest BCUT2D eigenvalue weighted by Gasteiger charge is -2.17. The van der Waals surface area contributed by atoms with E-state index in [1.165, 1.54) is 0 Å². The molecule has 1 aromatic heterocycles. The highest BCUT2D eigenvalue weighted by Gasteiger charge is 2.29. The standard InChI is InChI=1S/C15H18N4O/c1-11-12(6-7-17-11)15(20)18-13-4-2-3-5-14(13)19-9-8-16-10-19/h2-5,8-12,17H,6-7H2,1H3,(H,18,20). The fourth-order valence-corrected chi connectivity index (χ4v) is 2.65. The number of hydrogen-bond donors (Lipinski definition) is 2. The number of anilines is 1. The minimum atomic E-state index is 0.0332. The quantitative estimate of drug-likeness (QED) is 0.894. The molecular formula is C15H18N4O. The number of benzene rings is 1. The summed E-state index contributed by atoms with van der Waals surface area (Å²) in [6.45, 7) is 2.96. The maximum Gasteiger partial charge on any atom is 0.229 e. The minimum absolute atomic E-state index is 0.0332. The third-order valence-electron chi connectivity index (χ3n) is 3.81. The van der Waals surface area contributed by atoms with Crippen molar-refractivity contribution in [1.29, 1.82) is 0 Å². The number of rotatable bonds is 3. The molecule has 1 saturated heterocycles. The number of hydrogen-bond acceptors (Lipinski definition) is 3. The zero-order chi connectivity index (χ0) is 13.9. The maximum absolute atomic E-state index is 12.4. The highest BCUT2D eigenvalue weighted by Crippen LogP contribution is 2.22. The minimum Gasteiger partial charge on any atom is -0.324 e. The van der Waals surface area contributed by atoms with Crippen molar-refractivity contribution >= 4 is 11.6 Å². The van der Waals surface area contributed by atoms with Crippen LogP contribution >= 0.6 is 0 Å². The monoisotopic (exact) mass is 270 g/mol. The van der Waals surface area contributed by atoms with E-state index in [2.05, 4.69) is 22.5 Å². The van der Waals surface area contributed by atoms with Crippen LogP contribution in [0, 0.1) is 5.92 Å². The van der Waals surface area contributed by atoms with E-state index >= 15 is 0 Å². The van der Waals surface area contributed by atoms with E-state index in [-0.39, 0.29) is 17.9 Å². The lowest BCUT2D eigenvalue weighted by Crippen LogP contribution is -2.32. The van der Waals surface area contributed by atoms with Gasteiger partial charge >= 0.3 is 0 Å². The molecule has 1 fully saturated rings. The lowest BCUT2D eigenvalue weighted by molar-refractivity contribution is -0.120. The Labute approximate surface area is 118 Å². The summed E-state index contributed by atoms with van der Waals surface area (Å²) in [7, 11) is 0. The van der Waals surface area contributed by atoms with Gasteiger partial charge in [0.05, 0.1) is 23.6 Å². The average Bonchev–Trinajstić information content (AvgIpc) is 3.10. The summed E-state index contributed by atoms with van der Waals surface area (Å²) < 4.78 is 1.89. The van der Waals surface area contributed by atoms with E-state index < -0.39 is 0 Å². The predicted octanol–water partition coefficient (Wildman–Crippen LogP) is 1.81. The molecule has 2 aromatic rings. The zero-order valence-corrected chi connectivity index (χ0v) is 11.4. The fourth-order valence-electron chi connectivity index (χ4n) is 2.65. The number of nitrogens with zero attached hydrogens (tertiary/aromatic N) is 2. The molecule has 0 radical (unpaired) electrons. The van der Waals surface area contributed by atoms with Crippen molar-refractivity contribution in [1.82, 2.24) is 14.9 Å². The second-order valence-corrected chi connectivity index (χ2v) is 5.11. The van der Waals surface area contributed by atoms with Crippen LogP contribution in [0.5, 0.6) is 0 Å². The van der Waals surface area contributed by atoms with Crippen LogP contribution in [-0.2, 0) is 4.79 Å². The van der Waals surface area contributed by atoms with Gasteiger partial charge in [0.2, 0.25) is 5.91 Å². The molecule has 104 valence electrons. The molecule has 2 heterocycles. The largest absolute Gasteiger partial charge is 0.324 e. The van der Waals surface area contributed by atoms with Gasteiger partial charge in [0.25, 0.3) is 0 Å². The third kappa shape index (κ3) is 2.44. The van der Waals surface area contributed by atoms with Crippen LogP contribution in [0.3, 0.4) is 0 Å².